The van der Waals surface area contributed by atoms with E-state index in [1.54, 1.807) is 0 Å². The summed E-state index contributed by atoms with van der Waals surface area (Å²) in [6, 6.07) is 0. The van der Waals surface area contributed by atoms with Crippen molar-refractivity contribution < 1.29 is 0 Å². The van der Waals surface area contributed by atoms with Crippen LogP contribution in [0, 0.1) is 29.1 Å². The molecule has 1 fully saturated rings. The Kier molecular flexibility index (Phi) is 4.87. The van der Waals surface area contributed by atoms with E-state index in [9.17, 15) is 0 Å². The molecule has 2 unspecified atom stereocenters. The largest absolute Gasteiger partial charge is 0.0923 e. The van der Waals surface area contributed by atoms with Crippen molar-refractivity contribution >= 4 is 0 Å². The maximum atomic E-state index is 3.37. The zero-order valence-corrected chi connectivity index (χ0v) is 12.5. The van der Waals surface area contributed by atoms with Crippen molar-refractivity contribution in [3.05, 3.63) is 11.1 Å². The van der Waals surface area contributed by atoms with Crippen molar-refractivity contribution in [1.82, 2.24) is 0 Å². The van der Waals surface area contributed by atoms with Crippen molar-refractivity contribution in [3.8, 4) is 11.8 Å². The van der Waals surface area contributed by atoms with Crippen molar-refractivity contribution in [3.63, 3.8) is 0 Å². The first-order valence-corrected chi connectivity index (χ1v) is 7.02. The standard InChI is InChI=1S/C17H28/c1-13(11-12-17(4,5)6)15(3)16-10-8-7-9-14(16)2/h14,16H,7-10H2,1-6H3. The summed E-state index contributed by atoms with van der Waals surface area (Å²) in [7, 11) is 0. The third-order valence-corrected chi connectivity index (χ3v) is 3.88. The molecule has 0 heterocycles. The molecular weight excluding hydrogens is 204 g/mol. The highest BCUT2D eigenvalue weighted by Crippen LogP contribution is 2.35. The van der Waals surface area contributed by atoms with Gasteiger partial charge in [0.1, 0.15) is 0 Å². The van der Waals surface area contributed by atoms with Crippen LogP contribution in [0.3, 0.4) is 0 Å². The van der Waals surface area contributed by atoms with Gasteiger partial charge in [-0.25, -0.2) is 0 Å². The zero-order valence-electron chi connectivity index (χ0n) is 12.5. The predicted octanol–water partition coefficient (Wildman–Crippen LogP) is 5.20. The van der Waals surface area contributed by atoms with Crippen LogP contribution in [0.15, 0.2) is 11.1 Å². The van der Waals surface area contributed by atoms with Crippen LogP contribution in [0.5, 0.6) is 0 Å². The Balaban J connectivity index is 2.83. The second-order valence-corrected chi connectivity index (χ2v) is 6.68. The van der Waals surface area contributed by atoms with Gasteiger partial charge in [0.05, 0.1) is 0 Å². The molecule has 0 aromatic carbocycles. The Morgan fingerprint density at radius 2 is 1.65 bits per heavy atom. The molecule has 0 aromatic rings. The van der Waals surface area contributed by atoms with Gasteiger partial charge in [-0.2, -0.15) is 0 Å². The third-order valence-electron chi connectivity index (χ3n) is 3.88. The van der Waals surface area contributed by atoms with Crippen LogP contribution in [0.25, 0.3) is 0 Å². The van der Waals surface area contributed by atoms with Gasteiger partial charge in [0.25, 0.3) is 0 Å². The lowest BCUT2D eigenvalue weighted by molar-refractivity contribution is 0.292. The zero-order chi connectivity index (χ0) is 13.1. The highest BCUT2D eigenvalue weighted by molar-refractivity contribution is 5.33. The third kappa shape index (κ3) is 4.58. The maximum Gasteiger partial charge on any atom is 0.0233 e. The number of rotatable bonds is 1. The van der Waals surface area contributed by atoms with E-state index in [0.717, 1.165) is 11.8 Å². The van der Waals surface area contributed by atoms with Crippen LogP contribution in [-0.4, -0.2) is 0 Å². The summed E-state index contributed by atoms with van der Waals surface area (Å²) in [5.41, 5.74) is 2.95. The molecule has 0 heteroatoms. The van der Waals surface area contributed by atoms with Crippen LogP contribution in [0.2, 0.25) is 0 Å². The minimum absolute atomic E-state index is 0.111. The summed E-state index contributed by atoms with van der Waals surface area (Å²) >= 11 is 0. The second kappa shape index (κ2) is 5.76. The number of hydrogen-bond donors (Lipinski definition) is 0. The average molecular weight is 232 g/mol. The second-order valence-electron chi connectivity index (χ2n) is 6.68. The van der Waals surface area contributed by atoms with Crippen molar-refractivity contribution in [1.29, 1.82) is 0 Å². The van der Waals surface area contributed by atoms with Crippen LogP contribution in [-0.2, 0) is 0 Å². The first-order valence-electron chi connectivity index (χ1n) is 7.02. The summed E-state index contributed by atoms with van der Waals surface area (Å²) in [6.07, 6.45) is 5.56. The Hall–Kier alpha value is -0.700. The summed E-state index contributed by atoms with van der Waals surface area (Å²) < 4.78 is 0. The molecule has 0 bridgehead atoms. The molecule has 1 rings (SSSR count). The molecular formula is C17H28. The smallest absolute Gasteiger partial charge is 0.0233 e. The minimum Gasteiger partial charge on any atom is -0.0923 e. The average Bonchev–Trinajstić information content (AvgIpc) is 2.24. The van der Waals surface area contributed by atoms with Gasteiger partial charge >= 0.3 is 0 Å². The van der Waals surface area contributed by atoms with E-state index in [4.69, 9.17) is 0 Å². The van der Waals surface area contributed by atoms with E-state index in [1.165, 1.54) is 36.8 Å². The van der Waals surface area contributed by atoms with Gasteiger partial charge < -0.3 is 0 Å². The first kappa shape index (κ1) is 14.4. The molecule has 0 aliphatic heterocycles. The van der Waals surface area contributed by atoms with Gasteiger partial charge in [0.15, 0.2) is 0 Å². The van der Waals surface area contributed by atoms with E-state index in [1.807, 2.05) is 0 Å². The topological polar surface area (TPSA) is 0 Å². The fraction of sp³-hybridized carbons (Fsp3) is 0.765. The Bertz CT molecular complexity index is 340. The Morgan fingerprint density at radius 1 is 1.06 bits per heavy atom. The molecule has 0 nitrogen and oxygen atoms in total. The lowest BCUT2D eigenvalue weighted by atomic mass is 9.75. The molecule has 17 heavy (non-hydrogen) atoms. The van der Waals surface area contributed by atoms with Crippen molar-refractivity contribution in [2.75, 3.05) is 0 Å². The van der Waals surface area contributed by atoms with Gasteiger partial charge in [0, 0.05) is 5.41 Å². The molecule has 0 spiro atoms. The highest BCUT2D eigenvalue weighted by Gasteiger charge is 2.23. The fourth-order valence-electron chi connectivity index (χ4n) is 2.62. The maximum absolute atomic E-state index is 3.37. The van der Waals surface area contributed by atoms with Crippen LogP contribution in [0.4, 0.5) is 0 Å². The summed E-state index contributed by atoms with van der Waals surface area (Å²) in [6.45, 7) is 13.4. The van der Waals surface area contributed by atoms with E-state index >= 15 is 0 Å². The highest BCUT2D eigenvalue weighted by atomic mass is 14.3. The lowest BCUT2D eigenvalue weighted by Gasteiger charge is -2.30. The first-order chi connectivity index (χ1) is 7.81. The Labute approximate surface area is 108 Å². The molecule has 0 amide bonds. The molecule has 0 aromatic heterocycles. The van der Waals surface area contributed by atoms with Crippen LogP contribution in [0.1, 0.15) is 67.2 Å². The van der Waals surface area contributed by atoms with Crippen LogP contribution >= 0.6 is 0 Å². The number of hydrogen-bond acceptors (Lipinski definition) is 0. The van der Waals surface area contributed by atoms with E-state index in [2.05, 4.69) is 53.4 Å². The molecule has 1 saturated carbocycles. The summed E-state index contributed by atoms with van der Waals surface area (Å²) in [5, 5.41) is 0. The van der Waals surface area contributed by atoms with Gasteiger partial charge in [-0.15, -0.1) is 0 Å². The molecule has 1 aliphatic carbocycles. The molecule has 96 valence electrons. The Morgan fingerprint density at radius 3 is 2.18 bits per heavy atom. The summed E-state index contributed by atoms with van der Waals surface area (Å²) in [4.78, 5) is 0. The van der Waals surface area contributed by atoms with Crippen LogP contribution < -0.4 is 0 Å². The van der Waals surface area contributed by atoms with Gasteiger partial charge in [-0.05, 0) is 58.4 Å². The van der Waals surface area contributed by atoms with Crippen molar-refractivity contribution in [2.24, 2.45) is 17.3 Å². The molecule has 2 atom stereocenters. The van der Waals surface area contributed by atoms with Gasteiger partial charge in [-0.1, -0.05) is 43.6 Å². The van der Waals surface area contributed by atoms with E-state index in [0.29, 0.717) is 0 Å². The van der Waals surface area contributed by atoms with Crippen molar-refractivity contribution in [2.45, 2.75) is 67.2 Å². The summed E-state index contributed by atoms with van der Waals surface area (Å²) in [5.74, 6) is 8.34. The number of allylic oxidation sites excluding steroid dienone is 2. The molecule has 0 N–H and O–H groups in total. The molecule has 0 radical (unpaired) electrons. The van der Waals surface area contributed by atoms with E-state index in [-0.39, 0.29) is 5.41 Å². The normalized spacial score (nSPS) is 26.9. The SMILES string of the molecule is CC(C#CC(C)(C)C)=C(C)C1CCCCC1C. The molecule has 0 saturated heterocycles. The minimum atomic E-state index is 0.111. The van der Waals surface area contributed by atoms with Gasteiger partial charge in [0.2, 0.25) is 0 Å². The fourth-order valence-corrected chi connectivity index (χ4v) is 2.62. The lowest BCUT2D eigenvalue weighted by Crippen LogP contribution is -2.18. The predicted molar refractivity (Wildman–Crippen MR) is 76.7 cm³/mol. The van der Waals surface area contributed by atoms with E-state index < -0.39 is 0 Å². The molecule has 1 aliphatic rings. The quantitative estimate of drug-likeness (QED) is 0.545. The monoisotopic (exact) mass is 232 g/mol. The van der Waals surface area contributed by atoms with Gasteiger partial charge in [-0.3, -0.25) is 0 Å².